The Balaban J connectivity index is 1.96. The normalized spacial score (nSPS) is 12.4. The number of aromatic amines is 1. The zero-order valence-corrected chi connectivity index (χ0v) is 14.2. The first-order valence-electron chi connectivity index (χ1n) is 9.05. The summed E-state index contributed by atoms with van der Waals surface area (Å²) in [6.07, 6.45) is 0. The first-order valence-corrected chi connectivity index (χ1v) is 9.05. The van der Waals surface area contributed by atoms with Gasteiger partial charge in [-0.15, -0.1) is 0 Å². The number of aromatic nitrogens is 1. The Morgan fingerprint density at radius 3 is 1.89 bits per heavy atom. The van der Waals surface area contributed by atoms with Gasteiger partial charge in [0, 0.05) is 32.4 Å². The molecule has 0 saturated carbocycles. The minimum Gasteiger partial charge on any atom is -0.455 e. The van der Waals surface area contributed by atoms with Gasteiger partial charge in [0.15, 0.2) is 5.58 Å². The highest BCUT2D eigenvalue weighted by Crippen LogP contribution is 2.46. The molecule has 3 heterocycles. The molecule has 0 aliphatic carbocycles. The predicted molar refractivity (Wildman–Crippen MR) is 110 cm³/mol. The lowest BCUT2D eigenvalue weighted by atomic mass is 10.0. The molecule has 3 heteroatoms. The van der Waals surface area contributed by atoms with Crippen molar-refractivity contribution in [1.82, 2.24) is 4.98 Å². The summed E-state index contributed by atoms with van der Waals surface area (Å²) in [5, 5.41) is 6.75. The lowest BCUT2D eigenvalue weighted by Gasteiger charge is -1.98. The molecule has 3 nitrogen and oxygen atoms in total. The summed E-state index contributed by atoms with van der Waals surface area (Å²) < 4.78 is 12.7. The standard InChI is InChI=1S/C24H13NO2/c1-4-10-16-13(7-1)19-20-14-8-2-5-11-17(14)26-23(20)21-15-9-3-6-12-18(15)27-24(21)22(19)25-16/h1-12,25H. The van der Waals surface area contributed by atoms with E-state index in [9.17, 15) is 0 Å². The van der Waals surface area contributed by atoms with Crippen molar-refractivity contribution in [3.05, 3.63) is 72.8 Å². The van der Waals surface area contributed by atoms with Crippen LogP contribution in [0.15, 0.2) is 81.6 Å². The van der Waals surface area contributed by atoms with Crippen molar-refractivity contribution < 1.29 is 8.83 Å². The van der Waals surface area contributed by atoms with Crippen molar-refractivity contribution in [2.45, 2.75) is 0 Å². The van der Waals surface area contributed by atoms with Gasteiger partial charge in [-0.3, -0.25) is 0 Å². The van der Waals surface area contributed by atoms with Crippen molar-refractivity contribution in [2.24, 2.45) is 0 Å². The van der Waals surface area contributed by atoms with Gasteiger partial charge in [-0.1, -0.05) is 54.6 Å². The van der Waals surface area contributed by atoms with Crippen molar-refractivity contribution in [3.8, 4) is 0 Å². The van der Waals surface area contributed by atoms with Crippen LogP contribution in [0.2, 0.25) is 0 Å². The molecule has 1 N–H and O–H groups in total. The Morgan fingerprint density at radius 1 is 0.519 bits per heavy atom. The quantitative estimate of drug-likeness (QED) is 0.317. The average molecular weight is 347 g/mol. The van der Waals surface area contributed by atoms with E-state index in [4.69, 9.17) is 8.83 Å². The summed E-state index contributed by atoms with van der Waals surface area (Å²) in [5.41, 5.74) is 5.66. The van der Waals surface area contributed by atoms with Crippen molar-refractivity contribution >= 4 is 65.7 Å². The maximum Gasteiger partial charge on any atom is 0.163 e. The number of para-hydroxylation sites is 3. The SMILES string of the molecule is c1ccc2c(c1)[nH]c1c3oc4ccccc4c3c3oc4ccccc4c3c21. The second-order valence-electron chi connectivity index (χ2n) is 7.03. The van der Waals surface area contributed by atoms with Crippen LogP contribution in [0, 0.1) is 0 Å². The number of hydrogen-bond donors (Lipinski definition) is 1. The number of nitrogens with one attached hydrogen (secondary N) is 1. The van der Waals surface area contributed by atoms with E-state index in [1.54, 1.807) is 0 Å². The van der Waals surface area contributed by atoms with Crippen LogP contribution in [0.5, 0.6) is 0 Å². The summed E-state index contributed by atoms with van der Waals surface area (Å²) in [5.74, 6) is 0. The summed E-state index contributed by atoms with van der Waals surface area (Å²) in [7, 11) is 0. The van der Waals surface area contributed by atoms with Crippen LogP contribution in [-0.4, -0.2) is 4.98 Å². The topological polar surface area (TPSA) is 42.1 Å². The van der Waals surface area contributed by atoms with E-state index in [1.165, 1.54) is 5.39 Å². The maximum absolute atomic E-state index is 6.38. The highest BCUT2D eigenvalue weighted by molar-refractivity contribution is 6.37. The Bertz CT molecular complexity index is 1680. The fourth-order valence-electron chi connectivity index (χ4n) is 4.49. The van der Waals surface area contributed by atoms with Gasteiger partial charge in [0.25, 0.3) is 0 Å². The Morgan fingerprint density at radius 2 is 1.11 bits per heavy atom. The van der Waals surface area contributed by atoms with Crippen LogP contribution in [0.4, 0.5) is 0 Å². The molecule has 27 heavy (non-hydrogen) atoms. The second-order valence-corrected chi connectivity index (χ2v) is 7.03. The van der Waals surface area contributed by atoms with Gasteiger partial charge in [-0.2, -0.15) is 0 Å². The molecule has 0 amide bonds. The Hall–Kier alpha value is -3.72. The monoisotopic (exact) mass is 347 g/mol. The number of rotatable bonds is 0. The van der Waals surface area contributed by atoms with Gasteiger partial charge in [0.05, 0.1) is 10.9 Å². The number of benzene rings is 4. The first-order chi connectivity index (χ1) is 13.4. The van der Waals surface area contributed by atoms with E-state index in [2.05, 4.69) is 47.4 Å². The highest BCUT2D eigenvalue weighted by atomic mass is 16.3. The molecule has 0 bridgehead atoms. The highest BCUT2D eigenvalue weighted by Gasteiger charge is 2.23. The van der Waals surface area contributed by atoms with E-state index in [0.29, 0.717) is 0 Å². The van der Waals surface area contributed by atoms with E-state index in [1.807, 2.05) is 30.3 Å². The zero-order valence-electron chi connectivity index (χ0n) is 14.2. The molecule has 0 spiro atoms. The number of fused-ring (bicyclic) bond motifs is 12. The molecule has 0 radical (unpaired) electrons. The molecule has 0 aliphatic rings. The van der Waals surface area contributed by atoms with Crippen LogP contribution in [-0.2, 0) is 0 Å². The van der Waals surface area contributed by atoms with E-state index >= 15 is 0 Å². The van der Waals surface area contributed by atoms with E-state index in [0.717, 1.165) is 60.3 Å². The summed E-state index contributed by atoms with van der Waals surface area (Å²) in [6, 6.07) is 24.8. The first kappa shape index (κ1) is 13.5. The third-order valence-electron chi connectivity index (χ3n) is 5.60. The molecular formula is C24H13NO2. The molecule has 7 rings (SSSR count). The van der Waals surface area contributed by atoms with Crippen LogP contribution in [0.25, 0.3) is 65.7 Å². The van der Waals surface area contributed by atoms with Gasteiger partial charge in [-0.25, -0.2) is 0 Å². The van der Waals surface area contributed by atoms with Crippen LogP contribution in [0.3, 0.4) is 0 Å². The van der Waals surface area contributed by atoms with Gasteiger partial charge in [-0.05, 0) is 18.2 Å². The fourth-order valence-corrected chi connectivity index (χ4v) is 4.49. The lowest BCUT2D eigenvalue weighted by molar-refractivity contribution is 0.665. The molecule has 7 aromatic rings. The Kier molecular flexibility index (Phi) is 2.25. The van der Waals surface area contributed by atoms with Crippen LogP contribution in [0.1, 0.15) is 0 Å². The van der Waals surface area contributed by atoms with Crippen molar-refractivity contribution in [3.63, 3.8) is 0 Å². The summed E-state index contributed by atoms with van der Waals surface area (Å²) in [6.45, 7) is 0. The van der Waals surface area contributed by atoms with Crippen LogP contribution < -0.4 is 0 Å². The molecule has 3 aromatic heterocycles. The molecule has 0 aliphatic heterocycles. The predicted octanol–water partition coefficient (Wildman–Crippen LogP) is 7.12. The Labute approximate surface area is 152 Å². The average Bonchev–Trinajstić information content (AvgIpc) is 3.38. The van der Waals surface area contributed by atoms with Gasteiger partial charge >= 0.3 is 0 Å². The molecular weight excluding hydrogens is 334 g/mol. The van der Waals surface area contributed by atoms with E-state index < -0.39 is 0 Å². The largest absolute Gasteiger partial charge is 0.455 e. The molecule has 4 aromatic carbocycles. The third kappa shape index (κ3) is 1.53. The smallest absolute Gasteiger partial charge is 0.163 e. The lowest BCUT2D eigenvalue weighted by Crippen LogP contribution is -1.75. The summed E-state index contributed by atoms with van der Waals surface area (Å²) in [4.78, 5) is 3.59. The minimum absolute atomic E-state index is 0.856. The second kappa shape index (κ2) is 4.51. The number of H-pyrrole nitrogens is 1. The molecule has 0 saturated heterocycles. The number of hydrogen-bond acceptors (Lipinski definition) is 2. The van der Waals surface area contributed by atoms with Gasteiger partial charge in [0.1, 0.15) is 16.7 Å². The van der Waals surface area contributed by atoms with Crippen molar-refractivity contribution in [2.75, 3.05) is 0 Å². The van der Waals surface area contributed by atoms with Gasteiger partial charge in [0.2, 0.25) is 0 Å². The zero-order chi connectivity index (χ0) is 17.5. The van der Waals surface area contributed by atoms with E-state index in [-0.39, 0.29) is 0 Å². The summed E-state index contributed by atoms with van der Waals surface area (Å²) >= 11 is 0. The minimum atomic E-state index is 0.856. The van der Waals surface area contributed by atoms with Crippen molar-refractivity contribution in [1.29, 1.82) is 0 Å². The molecule has 0 atom stereocenters. The van der Waals surface area contributed by atoms with Gasteiger partial charge < -0.3 is 13.8 Å². The molecule has 0 unspecified atom stereocenters. The molecule has 126 valence electrons. The molecule has 0 fully saturated rings. The maximum atomic E-state index is 6.38. The fraction of sp³-hybridized carbons (Fsp3) is 0. The third-order valence-corrected chi connectivity index (χ3v) is 5.60. The van der Waals surface area contributed by atoms with Crippen LogP contribution >= 0.6 is 0 Å². The number of furan rings is 2.